The fourth-order valence-electron chi connectivity index (χ4n) is 1.51. The van der Waals surface area contributed by atoms with E-state index in [2.05, 4.69) is 17.1 Å². The standard InChI is InChI=1S/C13H14N2O2S/c1-3-9-7-10(15-14-8-9)11-5-6-12(18-11)13(16)17-4-2/h5-8H,3-4H2,1-2H3. The summed E-state index contributed by atoms with van der Waals surface area (Å²) < 4.78 is 4.96. The first-order valence-electron chi connectivity index (χ1n) is 5.83. The smallest absolute Gasteiger partial charge is 0.348 e. The van der Waals surface area contributed by atoms with Gasteiger partial charge in [-0.05, 0) is 37.1 Å². The molecule has 2 heterocycles. The number of rotatable bonds is 4. The van der Waals surface area contributed by atoms with Crippen LogP contribution in [-0.2, 0) is 11.2 Å². The van der Waals surface area contributed by atoms with Crippen molar-refractivity contribution >= 4 is 17.3 Å². The van der Waals surface area contributed by atoms with E-state index in [-0.39, 0.29) is 5.97 Å². The third-order valence-electron chi connectivity index (χ3n) is 2.45. The Morgan fingerprint density at radius 1 is 1.39 bits per heavy atom. The molecule has 0 aromatic carbocycles. The molecule has 0 unspecified atom stereocenters. The first kappa shape index (κ1) is 12.7. The van der Waals surface area contributed by atoms with Crippen molar-refractivity contribution in [1.29, 1.82) is 0 Å². The fraction of sp³-hybridized carbons (Fsp3) is 0.308. The zero-order chi connectivity index (χ0) is 13.0. The van der Waals surface area contributed by atoms with Gasteiger partial charge >= 0.3 is 5.97 Å². The highest BCUT2D eigenvalue weighted by molar-refractivity contribution is 7.17. The summed E-state index contributed by atoms with van der Waals surface area (Å²) in [4.78, 5) is 13.1. The average molecular weight is 262 g/mol. The van der Waals surface area contributed by atoms with Crippen molar-refractivity contribution in [3.05, 3.63) is 34.8 Å². The van der Waals surface area contributed by atoms with E-state index < -0.39 is 0 Å². The van der Waals surface area contributed by atoms with Crippen molar-refractivity contribution in [2.45, 2.75) is 20.3 Å². The molecule has 94 valence electrons. The minimum atomic E-state index is -0.284. The topological polar surface area (TPSA) is 52.1 Å². The summed E-state index contributed by atoms with van der Waals surface area (Å²) >= 11 is 1.38. The van der Waals surface area contributed by atoms with Crippen LogP contribution < -0.4 is 0 Å². The van der Waals surface area contributed by atoms with E-state index in [1.54, 1.807) is 19.2 Å². The molecule has 0 aliphatic rings. The summed E-state index contributed by atoms with van der Waals surface area (Å²) in [6.45, 7) is 4.25. The van der Waals surface area contributed by atoms with Crippen molar-refractivity contribution in [2.75, 3.05) is 6.61 Å². The highest BCUT2D eigenvalue weighted by Crippen LogP contribution is 2.27. The van der Waals surface area contributed by atoms with Crippen LogP contribution in [-0.4, -0.2) is 22.8 Å². The summed E-state index contributed by atoms with van der Waals surface area (Å²) in [7, 11) is 0. The zero-order valence-electron chi connectivity index (χ0n) is 10.3. The van der Waals surface area contributed by atoms with E-state index in [1.165, 1.54) is 11.3 Å². The summed E-state index contributed by atoms with van der Waals surface area (Å²) in [5.41, 5.74) is 1.93. The van der Waals surface area contributed by atoms with Gasteiger partial charge in [-0.1, -0.05) is 6.92 Å². The van der Waals surface area contributed by atoms with Crippen LogP contribution in [0, 0.1) is 0 Å². The molecule has 0 radical (unpaired) electrons. The molecule has 4 nitrogen and oxygen atoms in total. The minimum Gasteiger partial charge on any atom is -0.462 e. The zero-order valence-corrected chi connectivity index (χ0v) is 11.2. The number of nitrogens with zero attached hydrogens (tertiary/aromatic N) is 2. The molecule has 0 saturated carbocycles. The van der Waals surface area contributed by atoms with E-state index in [9.17, 15) is 4.79 Å². The monoisotopic (exact) mass is 262 g/mol. The Morgan fingerprint density at radius 2 is 2.22 bits per heavy atom. The summed E-state index contributed by atoms with van der Waals surface area (Å²) in [6.07, 6.45) is 2.67. The SMILES string of the molecule is CCOC(=O)c1ccc(-c2cc(CC)cnn2)s1. The Hall–Kier alpha value is -1.75. The second-order valence-corrected chi connectivity index (χ2v) is 4.77. The number of aromatic nitrogens is 2. The van der Waals surface area contributed by atoms with Crippen molar-refractivity contribution in [3.63, 3.8) is 0 Å². The van der Waals surface area contributed by atoms with Gasteiger partial charge in [-0.3, -0.25) is 0 Å². The number of aryl methyl sites for hydroxylation is 1. The van der Waals surface area contributed by atoms with Crippen molar-refractivity contribution in [1.82, 2.24) is 10.2 Å². The van der Waals surface area contributed by atoms with E-state index in [1.807, 2.05) is 12.1 Å². The number of hydrogen-bond acceptors (Lipinski definition) is 5. The Morgan fingerprint density at radius 3 is 2.94 bits per heavy atom. The van der Waals surface area contributed by atoms with E-state index in [0.717, 1.165) is 22.6 Å². The third-order valence-corrected chi connectivity index (χ3v) is 3.54. The molecule has 2 rings (SSSR count). The number of esters is 1. The number of ether oxygens (including phenoxy) is 1. The van der Waals surface area contributed by atoms with Crippen LogP contribution in [0.3, 0.4) is 0 Å². The summed E-state index contributed by atoms with van der Waals surface area (Å²) in [5, 5.41) is 8.05. The molecule has 0 N–H and O–H groups in total. The Bertz CT molecular complexity index is 551. The van der Waals surface area contributed by atoms with Gasteiger partial charge in [0.1, 0.15) is 10.6 Å². The highest BCUT2D eigenvalue weighted by atomic mass is 32.1. The van der Waals surface area contributed by atoms with Crippen LogP contribution in [0.15, 0.2) is 24.4 Å². The Balaban J connectivity index is 2.26. The molecule has 0 saturated heterocycles. The van der Waals surface area contributed by atoms with Gasteiger partial charge in [0.05, 0.1) is 17.7 Å². The normalized spacial score (nSPS) is 10.3. The van der Waals surface area contributed by atoms with Crippen LogP contribution in [0.25, 0.3) is 10.6 Å². The predicted molar refractivity (Wildman–Crippen MR) is 70.7 cm³/mol. The number of carbonyl (C=O) groups excluding carboxylic acids is 1. The Kier molecular flexibility index (Phi) is 4.04. The highest BCUT2D eigenvalue weighted by Gasteiger charge is 2.12. The molecule has 2 aromatic heterocycles. The van der Waals surface area contributed by atoms with Crippen LogP contribution in [0.4, 0.5) is 0 Å². The second kappa shape index (κ2) is 5.73. The van der Waals surface area contributed by atoms with Gasteiger partial charge in [-0.2, -0.15) is 5.10 Å². The largest absolute Gasteiger partial charge is 0.462 e. The molecule has 0 spiro atoms. The van der Waals surface area contributed by atoms with Crippen molar-refractivity contribution < 1.29 is 9.53 Å². The van der Waals surface area contributed by atoms with Gasteiger partial charge in [0.25, 0.3) is 0 Å². The molecule has 2 aromatic rings. The lowest BCUT2D eigenvalue weighted by molar-refractivity contribution is 0.0532. The van der Waals surface area contributed by atoms with Gasteiger partial charge in [0.15, 0.2) is 0 Å². The number of carbonyl (C=O) groups is 1. The summed E-state index contributed by atoms with van der Waals surface area (Å²) in [6, 6.07) is 5.63. The van der Waals surface area contributed by atoms with Crippen LogP contribution >= 0.6 is 11.3 Å². The van der Waals surface area contributed by atoms with Crippen molar-refractivity contribution in [2.24, 2.45) is 0 Å². The molecule has 0 aliphatic heterocycles. The number of thiophene rings is 1. The molecular weight excluding hydrogens is 248 g/mol. The van der Waals surface area contributed by atoms with Crippen LogP contribution in [0.1, 0.15) is 29.1 Å². The maximum Gasteiger partial charge on any atom is 0.348 e. The average Bonchev–Trinajstić information content (AvgIpc) is 2.89. The molecule has 5 heteroatoms. The minimum absolute atomic E-state index is 0.284. The first-order chi connectivity index (χ1) is 8.74. The molecular formula is C13H14N2O2S. The number of hydrogen-bond donors (Lipinski definition) is 0. The quantitative estimate of drug-likeness (QED) is 0.795. The van der Waals surface area contributed by atoms with E-state index in [0.29, 0.717) is 11.5 Å². The van der Waals surface area contributed by atoms with Crippen molar-refractivity contribution in [3.8, 4) is 10.6 Å². The van der Waals surface area contributed by atoms with Gasteiger partial charge in [-0.25, -0.2) is 4.79 Å². The molecule has 0 fully saturated rings. The lowest BCUT2D eigenvalue weighted by Crippen LogP contribution is -2.01. The second-order valence-electron chi connectivity index (χ2n) is 3.69. The Labute approximate surface area is 110 Å². The van der Waals surface area contributed by atoms with Gasteiger partial charge < -0.3 is 4.74 Å². The fourth-order valence-corrected chi connectivity index (χ4v) is 2.36. The van der Waals surface area contributed by atoms with Gasteiger partial charge in [0.2, 0.25) is 0 Å². The molecule has 0 bridgehead atoms. The maximum absolute atomic E-state index is 11.6. The van der Waals surface area contributed by atoms with E-state index in [4.69, 9.17) is 4.74 Å². The van der Waals surface area contributed by atoms with Gasteiger partial charge in [-0.15, -0.1) is 16.4 Å². The molecule has 0 atom stereocenters. The predicted octanol–water partition coefficient (Wildman–Crippen LogP) is 2.94. The maximum atomic E-state index is 11.6. The third kappa shape index (κ3) is 2.73. The first-order valence-corrected chi connectivity index (χ1v) is 6.65. The summed E-state index contributed by atoms with van der Waals surface area (Å²) in [5.74, 6) is -0.284. The molecule has 0 amide bonds. The van der Waals surface area contributed by atoms with E-state index >= 15 is 0 Å². The lowest BCUT2D eigenvalue weighted by Gasteiger charge is -1.99. The van der Waals surface area contributed by atoms with Crippen LogP contribution in [0.2, 0.25) is 0 Å². The van der Waals surface area contributed by atoms with Gasteiger partial charge in [0, 0.05) is 0 Å². The lowest BCUT2D eigenvalue weighted by atomic mass is 10.2. The molecule has 18 heavy (non-hydrogen) atoms. The van der Waals surface area contributed by atoms with Crippen LogP contribution in [0.5, 0.6) is 0 Å². The molecule has 0 aliphatic carbocycles.